The Kier molecular flexibility index (Phi) is 2.67. The molecule has 1 heteroatoms. The van der Waals surface area contributed by atoms with E-state index in [9.17, 15) is 0 Å². The van der Waals surface area contributed by atoms with Gasteiger partial charge in [0.2, 0.25) is 0 Å². The second-order valence-electron chi connectivity index (χ2n) is 4.88. The molecular formula is C17H17N. The van der Waals surface area contributed by atoms with Crippen LogP contribution in [0.15, 0.2) is 48.5 Å². The summed E-state index contributed by atoms with van der Waals surface area (Å²) in [7, 11) is 0. The van der Waals surface area contributed by atoms with E-state index >= 15 is 0 Å². The van der Waals surface area contributed by atoms with Gasteiger partial charge < -0.3 is 4.98 Å². The number of H-pyrrole nitrogens is 1. The van der Waals surface area contributed by atoms with Crippen molar-refractivity contribution in [2.75, 3.05) is 0 Å². The summed E-state index contributed by atoms with van der Waals surface area (Å²) in [5.41, 5.74) is 6.70. The summed E-state index contributed by atoms with van der Waals surface area (Å²) >= 11 is 0. The number of rotatable bonds is 2. The highest BCUT2D eigenvalue weighted by Crippen LogP contribution is 2.25. The number of aromatic amines is 1. The Morgan fingerprint density at radius 2 is 1.61 bits per heavy atom. The second kappa shape index (κ2) is 4.34. The first-order valence-electron chi connectivity index (χ1n) is 6.36. The molecule has 1 N–H and O–H groups in total. The zero-order valence-electron chi connectivity index (χ0n) is 10.8. The van der Waals surface area contributed by atoms with E-state index in [0.717, 1.165) is 6.42 Å². The van der Waals surface area contributed by atoms with Gasteiger partial charge in [0.1, 0.15) is 0 Å². The molecule has 0 unspecified atom stereocenters. The first-order valence-corrected chi connectivity index (χ1v) is 6.36. The first-order chi connectivity index (χ1) is 8.75. The minimum atomic E-state index is 1.00. The number of fused-ring (bicyclic) bond motifs is 1. The van der Waals surface area contributed by atoms with Crippen LogP contribution in [0.2, 0.25) is 0 Å². The maximum Gasteiger partial charge on any atom is 0.0458 e. The van der Waals surface area contributed by atoms with E-state index in [2.05, 4.69) is 67.4 Å². The number of nitrogens with one attached hydrogen (secondary N) is 1. The first kappa shape index (κ1) is 11.1. The Bertz CT molecular complexity index is 692. The van der Waals surface area contributed by atoms with Crippen molar-refractivity contribution in [3.63, 3.8) is 0 Å². The SMILES string of the molecule is Cc1ccccc1Cc1c(C)[nH]c2ccccc12. The van der Waals surface area contributed by atoms with Crippen LogP contribution in [0, 0.1) is 13.8 Å². The number of hydrogen-bond acceptors (Lipinski definition) is 0. The fourth-order valence-corrected chi connectivity index (χ4v) is 2.56. The zero-order chi connectivity index (χ0) is 12.5. The monoisotopic (exact) mass is 235 g/mol. The smallest absolute Gasteiger partial charge is 0.0458 e. The molecule has 0 aliphatic heterocycles. The van der Waals surface area contributed by atoms with Gasteiger partial charge in [-0.25, -0.2) is 0 Å². The molecule has 3 aromatic rings. The van der Waals surface area contributed by atoms with Crippen molar-refractivity contribution in [3.8, 4) is 0 Å². The van der Waals surface area contributed by atoms with Crippen LogP contribution in [0.3, 0.4) is 0 Å². The maximum atomic E-state index is 3.47. The zero-order valence-corrected chi connectivity index (χ0v) is 10.8. The fraction of sp³-hybridized carbons (Fsp3) is 0.176. The van der Waals surface area contributed by atoms with Gasteiger partial charge in [-0.2, -0.15) is 0 Å². The Morgan fingerprint density at radius 1 is 0.889 bits per heavy atom. The summed E-state index contributed by atoms with van der Waals surface area (Å²) in [5.74, 6) is 0. The molecule has 0 radical (unpaired) electrons. The van der Waals surface area contributed by atoms with Crippen molar-refractivity contribution >= 4 is 10.9 Å². The lowest BCUT2D eigenvalue weighted by molar-refractivity contribution is 1.13. The molecule has 0 aliphatic carbocycles. The highest BCUT2D eigenvalue weighted by atomic mass is 14.7. The van der Waals surface area contributed by atoms with Crippen LogP contribution in [-0.4, -0.2) is 4.98 Å². The molecule has 0 atom stereocenters. The van der Waals surface area contributed by atoms with Gasteiger partial charge >= 0.3 is 0 Å². The molecule has 1 aromatic heterocycles. The lowest BCUT2D eigenvalue weighted by atomic mass is 9.99. The Balaban J connectivity index is 2.10. The number of hydrogen-bond donors (Lipinski definition) is 1. The quantitative estimate of drug-likeness (QED) is 0.678. The van der Waals surface area contributed by atoms with Crippen molar-refractivity contribution in [2.24, 2.45) is 0 Å². The molecule has 90 valence electrons. The van der Waals surface area contributed by atoms with Crippen LogP contribution in [0.5, 0.6) is 0 Å². The number of aryl methyl sites for hydroxylation is 2. The molecule has 0 amide bonds. The van der Waals surface area contributed by atoms with E-state index < -0.39 is 0 Å². The number of benzene rings is 2. The average Bonchev–Trinajstić information content (AvgIpc) is 2.69. The van der Waals surface area contributed by atoms with Gasteiger partial charge in [0, 0.05) is 23.0 Å². The van der Waals surface area contributed by atoms with E-state index in [4.69, 9.17) is 0 Å². The molecule has 0 saturated heterocycles. The van der Waals surface area contributed by atoms with Gasteiger partial charge in [0.05, 0.1) is 0 Å². The molecule has 1 heterocycles. The van der Waals surface area contributed by atoms with E-state index in [-0.39, 0.29) is 0 Å². The largest absolute Gasteiger partial charge is 0.358 e. The Morgan fingerprint density at radius 3 is 2.44 bits per heavy atom. The molecule has 2 aromatic carbocycles. The third-order valence-electron chi connectivity index (χ3n) is 3.66. The lowest BCUT2D eigenvalue weighted by Crippen LogP contribution is -1.92. The molecule has 1 nitrogen and oxygen atoms in total. The van der Waals surface area contributed by atoms with Crippen molar-refractivity contribution in [1.29, 1.82) is 0 Å². The summed E-state index contributed by atoms with van der Waals surface area (Å²) in [5, 5.41) is 1.35. The maximum absolute atomic E-state index is 3.47. The highest BCUT2D eigenvalue weighted by molar-refractivity contribution is 5.84. The van der Waals surface area contributed by atoms with Crippen LogP contribution in [0.25, 0.3) is 10.9 Å². The minimum absolute atomic E-state index is 1.00. The topological polar surface area (TPSA) is 15.8 Å². The van der Waals surface area contributed by atoms with E-state index in [0.29, 0.717) is 0 Å². The average molecular weight is 235 g/mol. The van der Waals surface area contributed by atoms with E-state index in [1.165, 1.54) is 33.3 Å². The Labute approximate surface area is 107 Å². The summed E-state index contributed by atoms with van der Waals surface area (Å²) in [6.07, 6.45) is 1.00. The molecule has 0 aliphatic rings. The summed E-state index contributed by atoms with van der Waals surface area (Å²) in [6, 6.07) is 17.1. The van der Waals surface area contributed by atoms with Gasteiger partial charge in [-0.05, 0) is 36.6 Å². The summed E-state index contributed by atoms with van der Waals surface area (Å²) in [4.78, 5) is 3.47. The van der Waals surface area contributed by atoms with Crippen molar-refractivity contribution in [2.45, 2.75) is 20.3 Å². The molecule has 18 heavy (non-hydrogen) atoms. The molecule has 3 rings (SSSR count). The van der Waals surface area contributed by atoms with Crippen LogP contribution >= 0.6 is 0 Å². The minimum Gasteiger partial charge on any atom is -0.358 e. The molecular weight excluding hydrogens is 218 g/mol. The predicted octanol–water partition coefficient (Wildman–Crippen LogP) is 4.38. The molecule has 0 spiro atoms. The highest BCUT2D eigenvalue weighted by Gasteiger charge is 2.09. The summed E-state index contributed by atoms with van der Waals surface area (Å²) in [6.45, 7) is 4.34. The van der Waals surface area contributed by atoms with Crippen LogP contribution in [0.1, 0.15) is 22.4 Å². The van der Waals surface area contributed by atoms with Crippen molar-refractivity contribution in [1.82, 2.24) is 4.98 Å². The molecule has 0 fully saturated rings. The fourth-order valence-electron chi connectivity index (χ4n) is 2.56. The number of para-hydroxylation sites is 1. The van der Waals surface area contributed by atoms with Gasteiger partial charge in [-0.1, -0.05) is 42.5 Å². The van der Waals surface area contributed by atoms with Crippen molar-refractivity contribution in [3.05, 3.63) is 70.9 Å². The lowest BCUT2D eigenvalue weighted by Gasteiger charge is -2.05. The van der Waals surface area contributed by atoms with Crippen molar-refractivity contribution < 1.29 is 0 Å². The van der Waals surface area contributed by atoms with Gasteiger partial charge in [0.25, 0.3) is 0 Å². The standard InChI is InChI=1S/C17H17N/c1-12-7-3-4-8-14(12)11-16-13(2)18-17-10-6-5-9-15(16)17/h3-10,18H,11H2,1-2H3. The normalized spacial score (nSPS) is 11.0. The third kappa shape index (κ3) is 1.82. The van der Waals surface area contributed by atoms with Gasteiger partial charge in [-0.3, -0.25) is 0 Å². The number of aromatic nitrogens is 1. The second-order valence-corrected chi connectivity index (χ2v) is 4.88. The van der Waals surface area contributed by atoms with Gasteiger partial charge in [0.15, 0.2) is 0 Å². The predicted molar refractivity (Wildman–Crippen MR) is 77.0 cm³/mol. The van der Waals surface area contributed by atoms with Crippen LogP contribution in [0.4, 0.5) is 0 Å². The van der Waals surface area contributed by atoms with E-state index in [1.807, 2.05) is 0 Å². The molecule has 0 bridgehead atoms. The van der Waals surface area contributed by atoms with Gasteiger partial charge in [-0.15, -0.1) is 0 Å². The Hall–Kier alpha value is -2.02. The third-order valence-corrected chi connectivity index (χ3v) is 3.66. The molecule has 0 saturated carbocycles. The van der Waals surface area contributed by atoms with Crippen LogP contribution in [-0.2, 0) is 6.42 Å². The van der Waals surface area contributed by atoms with E-state index in [1.54, 1.807) is 0 Å². The van der Waals surface area contributed by atoms with Crippen LogP contribution < -0.4 is 0 Å². The summed E-state index contributed by atoms with van der Waals surface area (Å²) < 4.78 is 0.